The highest BCUT2D eigenvalue weighted by molar-refractivity contribution is 6.33. The first-order valence-corrected chi connectivity index (χ1v) is 6.94. The van der Waals surface area contributed by atoms with Crippen molar-refractivity contribution in [2.24, 2.45) is 7.05 Å². The highest BCUT2D eigenvalue weighted by Gasteiger charge is 2.23. The monoisotopic (exact) mass is 287 g/mol. The smallest absolute Gasteiger partial charge is 0.256 e. The van der Waals surface area contributed by atoms with Crippen molar-refractivity contribution in [3.05, 3.63) is 16.4 Å². The number of aliphatic hydroxyl groups excluding tert-OH is 1. The van der Waals surface area contributed by atoms with E-state index in [9.17, 15) is 9.90 Å². The molecule has 0 bridgehead atoms. The molecule has 1 unspecified atom stereocenters. The summed E-state index contributed by atoms with van der Waals surface area (Å²) in [5.41, 5.74) is 1.08. The second-order valence-corrected chi connectivity index (χ2v) is 5.34. The molecule has 1 aromatic rings. The maximum Gasteiger partial charge on any atom is 0.256 e. The van der Waals surface area contributed by atoms with Crippen LogP contribution in [0.1, 0.15) is 55.6 Å². The van der Waals surface area contributed by atoms with E-state index in [0.717, 1.165) is 6.42 Å². The molecule has 0 aliphatic carbocycles. The Morgan fingerprint density at radius 3 is 2.68 bits per heavy atom. The van der Waals surface area contributed by atoms with Crippen LogP contribution in [-0.2, 0) is 7.05 Å². The van der Waals surface area contributed by atoms with Crippen LogP contribution >= 0.6 is 11.6 Å². The highest BCUT2D eigenvalue weighted by Crippen LogP contribution is 2.25. The van der Waals surface area contributed by atoms with E-state index in [1.54, 1.807) is 7.05 Å². The van der Waals surface area contributed by atoms with Crippen molar-refractivity contribution in [3.8, 4) is 0 Å². The van der Waals surface area contributed by atoms with Crippen LogP contribution in [-0.4, -0.2) is 33.4 Å². The molecule has 19 heavy (non-hydrogen) atoms. The second kappa shape index (κ2) is 6.91. The Labute approximate surface area is 118 Å². The third-order valence-electron chi connectivity index (χ3n) is 2.90. The zero-order valence-electron chi connectivity index (χ0n) is 11.9. The van der Waals surface area contributed by atoms with Crippen LogP contribution in [0.25, 0.3) is 0 Å². The molecule has 2 N–H and O–H groups in total. The van der Waals surface area contributed by atoms with Gasteiger partial charge in [-0.05, 0) is 12.3 Å². The van der Waals surface area contributed by atoms with Gasteiger partial charge in [0.15, 0.2) is 0 Å². The summed E-state index contributed by atoms with van der Waals surface area (Å²) in [6.45, 7) is 6.14. The van der Waals surface area contributed by atoms with E-state index in [0.29, 0.717) is 22.8 Å². The maximum atomic E-state index is 12.2. The molecule has 1 rings (SSSR count). The number of rotatable bonds is 6. The van der Waals surface area contributed by atoms with E-state index in [1.807, 2.05) is 20.8 Å². The highest BCUT2D eigenvalue weighted by atomic mass is 35.5. The van der Waals surface area contributed by atoms with Gasteiger partial charge in [0.25, 0.3) is 5.91 Å². The number of hydrogen-bond donors (Lipinski definition) is 2. The van der Waals surface area contributed by atoms with Gasteiger partial charge in [0.05, 0.1) is 17.4 Å². The lowest BCUT2D eigenvalue weighted by atomic mass is 10.1. The lowest BCUT2D eigenvalue weighted by Crippen LogP contribution is -2.32. The number of hydrogen-bond acceptors (Lipinski definition) is 3. The van der Waals surface area contributed by atoms with Gasteiger partial charge in [0.1, 0.15) is 5.15 Å². The van der Waals surface area contributed by atoms with Crippen LogP contribution in [0.3, 0.4) is 0 Å². The van der Waals surface area contributed by atoms with Gasteiger partial charge in [-0.15, -0.1) is 0 Å². The minimum absolute atomic E-state index is 0.111. The van der Waals surface area contributed by atoms with Crippen LogP contribution < -0.4 is 5.32 Å². The number of carbonyl (C=O) groups is 1. The molecule has 0 spiro atoms. The van der Waals surface area contributed by atoms with Crippen LogP contribution in [0.5, 0.6) is 0 Å². The van der Waals surface area contributed by atoms with Gasteiger partial charge in [0.2, 0.25) is 0 Å². The van der Waals surface area contributed by atoms with E-state index in [4.69, 9.17) is 11.6 Å². The zero-order valence-corrected chi connectivity index (χ0v) is 12.7. The van der Waals surface area contributed by atoms with Crippen LogP contribution in [0.2, 0.25) is 5.15 Å². The third-order valence-corrected chi connectivity index (χ3v) is 3.33. The standard InChI is InChI=1S/C13H22ClN3O2/c1-5-6-9(18)7-15-13(19)10-11(8(2)3)16-17(4)12(10)14/h8-9,18H,5-7H2,1-4H3,(H,15,19). The van der Waals surface area contributed by atoms with E-state index in [1.165, 1.54) is 4.68 Å². The molecule has 1 aromatic heterocycles. The molecule has 0 aromatic carbocycles. The number of amides is 1. The normalized spacial score (nSPS) is 12.8. The average molecular weight is 288 g/mol. The largest absolute Gasteiger partial charge is 0.391 e. The lowest BCUT2D eigenvalue weighted by Gasteiger charge is -2.11. The zero-order chi connectivity index (χ0) is 14.6. The lowest BCUT2D eigenvalue weighted by molar-refractivity contribution is 0.0909. The predicted molar refractivity (Wildman–Crippen MR) is 75.6 cm³/mol. The summed E-state index contributed by atoms with van der Waals surface area (Å²) in [5, 5.41) is 16.9. The van der Waals surface area contributed by atoms with Gasteiger partial charge >= 0.3 is 0 Å². The number of halogens is 1. The molecule has 0 fully saturated rings. The van der Waals surface area contributed by atoms with Gasteiger partial charge in [-0.3, -0.25) is 9.48 Å². The van der Waals surface area contributed by atoms with Crippen LogP contribution in [0.15, 0.2) is 0 Å². The van der Waals surface area contributed by atoms with Crippen molar-refractivity contribution in [2.45, 2.75) is 45.6 Å². The molecule has 0 saturated heterocycles. The molecule has 6 heteroatoms. The Kier molecular flexibility index (Phi) is 5.82. The molecule has 0 aliphatic rings. The molecule has 108 valence electrons. The van der Waals surface area contributed by atoms with E-state index in [-0.39, 0.29) is 18.4 Å². The molecular formula is C13H22ClN3O2. The SMILES string of the molecule is CCCC(O)CNC(=O)c1c(C(C)C)nn(C)c1Cl. The van der Waals surface area contributed by atoms with E-state index < -0.39 is 6.10 Å². The number of nitrogens with one attached hydrogen (secondary N) is 1. The Balaban J connectivity index is 2.82. The Hall–Kier alpha value is -1.07. The minimum atomic E-state index is -0.521. The fourth-order valence-electron chi connectivity index (χ4n) is 1.87. The van der Waals surface area contributed by atoms with Gasteiger partial charge in [0, 0.05) is 13.6 Å². The summed E-state index contributed by atoms with van der Waals surface area (Å²) in [4.78, 5) is 12.2. The van der Waals surface area contributed by atoms with Crippen molar-refractivity contribution in [1.82, 2.24) is 15.1 Å². The van der Waals surface area contributed by atoms with Crippen molar-refractivity contribution < 1.29 is 9.90 Å². The predicted octanol–water partition coefficient (Wildman–Crippen LogP) is 2.09. The van der Waals surface area contributed by atoms with Crippen LogP contribution in [0, 0.1) is 0 Å². The second-order valence-electron chi connectivity index (χ2n) is 4.98. The first kappa shape index (κ1) is 16.0. The van der Waals surface area contributed by atoms with Crippen molar-refractivity contribution in [1.29, 1.82) is 0 Å². The molecular weight excluding hydrogens is 266 g/mol. The fourth-order valence-corrected chi connectivity index (χ4v) is 2.09. The van der Waals surface area contributed by atoms with Gasteiger partial charge in [-0.2, -0.15) is 5.10 Å². The number of aryl methyl sites for hydroxylation is 1. The van der Waals surface area contributed by atoms with Crippen molar-refractivity contribution in [3.63, 3.8) is 0 Å². The molecule has 0 radical (unpaired) electrons. The Morgan fingerprint density at radius 1 is 1.53 bits per heavy atom. The summed E-state index contributed by atoms with van der Waals surface area (Å²) in [7, 11) is 1.71. The van der Waals surface area contributed by atoms with E-state index in [2.05, 4.69) is 10.4 Å². The first-order valence-electron chi connectivity index (χ1n) is 6.57. The summed E-state index contributed by atoms with van der Waals surface area (Å²) in [5.74, 6) is -0.169. The van der Waals surface area contributed by atoms with Crippen molar-refractivity contribution in [2.75, 3.05) is 6.54 Å². The van der Waals surface area contributed by atoms with Crippen LogP contribution in [0.4, 0.5) is 0 Å². The summed E-state index contributed by atoms with van der Waals surface area (Å²) in [6.07, 6.45) is 1.02. The maximum absolute atomic E-state index is 12.2. The molecule has 5 nitrogen and oxygen atoms in total. The molecule has 0 aliphatic heterocycles. The summed E-state index contributed by atoms with van der Waals surface area (Å²) in [6, 6.07) is 0. The molecule has 1 atom stereocenters. The van der Waals surface area contributed by atoms with Gasteiger partial charge in [-0.25, -0.2) is 0 Å². The van der Waals surface area contributed by atoms with Gasteiger partial charge in [-0.1, -0.05) is 38.8 Å². The number of aliphatic hydroxyl groups is 1. The first-order chi connectivity index (χ1) is 8.88. The van der Waals surface area contributed by atoms with Crippen molar-refractivity contribution >= 4 is 17.5 Å². The Morgan fingerprint density at radius 2 is 2.16 bits per heavy atom. The third kappa shape index (κ3) is 3.94. The molecule has 1 heterocycles. The summed E-state index contributed by atoms with van der Waals surface area (Å²) < 4.78 is 1.49. The quantitative estimate of drug-likeness (QED) is 0.842. The number of aromatic nitrogens is 2. The molecule has 0 saturated carbocycles. The molecule has 1 amide bonds. The van der Waals surface area contributed by atoms with Gasteiger partial charge < -0.3 is 10.4 Å². The topological polar surface area (TPSA) is 67.2 Å². The number of nitrogens with zero attached hydrogens (tertiary/aromatic N) is 2. The van der Waals surface area contributed by atoms with E-state index >= 15 is 0 Å². The Bertz CT molecular complexity index is 443. The summed E-state index contributed by atoms with van der Waals surface area (Å²) >= 11 is 6.11. The fraction of sp³-hybridized carbons (Fsp3) is 0.692. The minimum Gasteiger partial charge on any atom is -0.391 e. The number of carbonyl (C=O) groups excluding carboxylic acids is 1. The average Bonchev–Trinajstić information content (AvgIpc) is 2.64.